The van der Waals surface area contributed by atoms with Gasteiger partial charge in [0.2, 0.25) is 0 Å². The summed E-state index contributed by atoms with van der Waals surface area (Å²) in [7, 11) is 5.32. The molecule has 1 heterocycles. The second-order valence-corrected chi connectivity index (χ2v) is 7.62. The molecule has 1 aromatic heterocycles. The molecule has 0 saturated heterocycles. The van der Waals surface area contributed by atoms with Crippen LogP contribution >= 0.6 is 23.7 Å². The van der Waals surface area contributed by atoms with Gasteiger partial charge >= 0.3 is 0 Å². The van der Waals surface area contributed by atoms with Crippen molar-refractivity contribution in [2.75, 3.05) is 39.2 Å². The van der Waals surface area contributed by atoms with Gasteiger partial charge in [-0.25, -0.2) is 13.8 Å². The number of ether oxygens (including phenoxy) is 1. The molecule has 5 nitrogen and oxygen atoms in total. The summed E-state index contributed by atoms with van der Waals surface area (Å²) in [6, 6.07) is 6.70. The third-order valence-electron chi connectivity index (χ3n) is 4.32. The van der Waals surface area contributed by atoms with Crippen LogP contribution in [-0.4, -0.2) is 50.1 Å². The summed E-state index contributed by atoms with van der Waals surface area (Å²) in [5.41, 5.74) is 1.47. The van der Waals surface area contributed by atoms with Gasteiger partial charge in [0.05, 0.1) is 17.4 Å². The lowest BCUT2D eigenvalue weighted by molar-refractivity contribution is 0.0981. The molecule has 9 heteroatoms. The summed E-state index contributed by atoms with van der Waals surface area (Å²) in [5, 5.41) is 0.443. The van der Waals surface area contributed by atoms with E-state index in [1.807, 2.05) is 38.1 Å². The van der Waals surface area contributed by atoms with E-state index in [-0.39, 0.29) is 18.0 Å². The zero-order valence-electron chi connectivity index (χ0n) is 16.5. The number of carbonyl (C=O) groups is 1. The van der Waals surface area contributed by atoms with Gasteiger partial charge in [-0.2, -0.15) is 0 Å². The molecule has 2 aromatic carbocycles. The number of benzene rings is 2. The Morgan fingerprint density at radius 3 is 2.52 bits per heavy atom. The van der Waals surface area contributed by atoms with Gasteiger partial charge in [0.25, 0.3) is 5.91 Å². The van der Waals surface area contributed by atoms with E-state index in [4.69, 9.17) is 4.74 Å². The maximum absolute atomic E-state index is 14.2. The smallest absolute Gasteiger partial charge is 0.263 e. The van der Waals surface area contributed by atoms with Gasteiger partial charge in [-0.15, -0.1) is 12.4 Å². The van der Waals surface area contributed by atoms with Crippen LogP contribution in [0.3, 0.4) is 0 Å². The summed E-state index contributed by atoms with van der Waals surface area (Å²) in [6.45, 7) is 2.82. The van der Waals surface area contributed by atoms with Crippen molar-refractivity contribution in [1.29, 1.82) is 0 Å². The van der Waals surface area contributed by atoms with Crippen molar-refractivity contribution in [2.24, 2.45) is 0 Å². The van der Waals surface area contributed by atoms with E-state index in [0.29, 0.717) is 35.6 Å². The van der Waals surface area contributed by atoms with Crippen LogP contribution in [0.15, 0.2) is 30.3 Å². The largest absolute Gasteiger partial charge is 0.494 e. The number of thiazole rings is 1. The number of hydrogen-bond donors (Lipinski definition) is 0. The number of hydrogen-bond acceptors (Lipinski definition) is 5. The first kappa shape index (κ1) is 23.0. The number of amides is 1. The van der Waals surface area contributed by atoms with Crippen LogP contribution in [0, 0.1) is 18.6 Å². The van der Waals surface area contributed by atoms with Crippen molar-refractivity contribution in [1.82, 2.24) is 9.88 Å². The number of nitrogens with zero attached hydrogens (tertiary/aromatic N) is 3. The van der Waals surface area contributed by atoms with E-state index < -0.39 is 17.5 Å². The molecule has 156 valence electrons. The lowest BCUT2D eigenvalue weighted by atomic mass is 10.2. The van der Waals surface area contributed by atoms with E-state index in [1.165, 1.54) is 16.2 Å². The number of rotatable bonds is 6. The molecule has 29 heavy (non-hydrogen) atoms. The van der Waals surface area contributed by atoms with Crippen LogP contribution in [0.25, 0.3) is 10.2 Å². The Balaban J connectivity index is 0.00000300. The number of aryl methyl sites for hydroxylation is 1. The Morgan fingerprint density at radius 1 is 1.17 bits per heavy atom. The highest BCUT2D eigenvalue weighted by atomic mass is 35.5. The number of methoxy groups -OCH3 is 1. The summed E-state index contributed by atoms with van der Waals surface area (Å²) in [6.07, 6.45) is 0. The summed E-state index contributed by atoms with van der Waals surface area (Å²) in [5.74, 6) is -1.57. The number of anilines is 1. The Morgan fingerprint density at radius 2 is 1.90 bits per heavy atom. The van der Waals surface area contributed by atoms with Crippen LogP contribution in [-0.2, 0) is 0 Å². The third kappa shape index (κ3) is 4.83. The highest BCUT2D eigenvalue weighted by Gasteiger charge is 2.25. The number of halogens is 3. The van der Waals surface area contributed by atoms with Crippen LogP contribution in [0.4, 0.5) is 13.9 Å². The molecule has 0 unspecified atom stereocenters. The van der Waals surface area contributed by atoms with Crippen LogP contribution in [0.2, 0.25) is 0 Å². The lowest BCUT2D eigenvalue weighted by Gasteiger charge is -2.22. The molecule has 0 aliphatic rings. The van der Waals surface area contributed by atoms with Gasteiger partial charge in [0.1, 0.15) is 22.9 Å². The fourth-order valence-corrected chi connectivity index (χ4v) is 3.85. The molecule has 0 N–H and O–H groups in total. The van der Waals surface area contributed by atoms with Crippen LogP contribution < -0.4 is 9.64 Å². The van der Waals surface area contributed by atoms with Gasteiger partial charge in [0.15, 0.2) is 5.13 Å². The normalized spacial score (nSPS) is 10.9. The number of carbonyl (C=O) groups excluding carboxylic acids is 1. The highest BCUT2D eigenvalue weighted by Crippen LogP contribution is 2.36. The van der Waals surface area contributed by atoms with E-state index >= 15 is 0 Å². The molecule has 0 radical (unpaired) electrons. The van der Waals surface area contributed by atoms with Gasteiger partial charge in [-0.3, -0.25) is 9.69 Å². The molecule has 0 spiro atoms. The summed E-state index contributed by atoms with van der Waals surface area (Å²) < 4.78 is 33.8. The molecule has 0 fully saturated rings. The Hall–Kier alpha value is -2.29. The van der Waals surface area contributed by atoms with Gasteiger partial charge < -0.3 is 9.64 Å². The monoisotopic (exact) mass is 441 g/mol. The predicted octanol–water partition coefficient (Wildman–Crippen LogP) is 4.52. The predicted molar refractivity (Wildman–Crippen MR) is 115 cm³/mol. The van der Waals surface area contributed by atoms with Crippen molar-refractivity contribution >= 4 is 45.0 Å². The summed E-state index contributed by atoms with van der Waals surface area (Å²) in [4.78, 5) is 21.0. The molecule has 3 rings (SSSR count). The Labute approximate surface area is 178 Å². The standard InChI is InChI=1S/C20H21F2N3O2S.ClH/c1-12-5-8-16(27-4)17-18(12)28-20(23-17)25(10-9-24(2)3)19(26)14-7-6-13(21)11-15(14)22;/h5-8,11H,9-10H2,1-4H3;1H. The SMILES string of the molecule is COc1ccc(C)c2sc(N(CCN(C)C)C(=O)c3ccc(F)cc3F)nc12.Cl. The molecular weight excluding hydrogens is 420 g/mol. The van der Waals surface area contributed by atoms with E-state index in [0.717, 1.165) is 22.4 Å². The second kappa shape index (κ2) is 9.47. The third-order valence-corrected chi connectivity index (χ3v) is 5.53. The Kier molecular flexibility index (Phi) is 7.51. The van der Waals surface area contributed by atoms with E-state index in [2.05, 4.69) is 4.98 Å². The average Bonchev–Trinajstić information content (AvgIpc) is 3.08. The maximum atomic E-state index is 14.2. The van der Waals surface area contributed by atoms with Crippen molar-refractivity contribution in [3.8, 4) is 5.75 Å². The first-order valence-corrected chi connectivity index (χ1v) is 9.49. The molecule has 0 bridgehead atoms. The first-order chi connectivity index (χ1) is 13.3. The van der Waals surface area contributed by atoms with Crippen molar-refractivity contribution < 1.29 is 18.3 Å². The van der Waals surface area contributed by atoms with E-state index in [1.54, 1.807) is 7.11 Å². The fraction of sp³-hybridized carbons (Fsp3) is 0.300. The Bertz CT molecular complexity index is 1030. The van der Waals surface area contributed by atoms with Gasteiger partial charge in [-0.05, 0) is 44.8 Å². The van der Waals surface area contributed by atoms with Crippen molar-refractivity contribution in [2.45, 2.75) is 6.92 Å². The highest BCUT2D eigenvalue weighted by molar-refractivity contribution is 7.22. The lowest BCUT2D eigenvalue weighted by Crippen LogP contribution is -2.37. The van der Waals surface area contributed by atoms with Gasteiger partial charge in [-0.1, -0.05) is 17.4 Å². The number of likely N-dealkylation sites (N-methyl/N-ethyl adjacent to an activating group) is 1. The molecule has 0 saturated carbocycles. The minimum Gasteiger partial charge on any atom is -0.494 e. The fourth-order valence-electron chi connectivity index (χ4n) is 2.77. The van der Waals surface area contributed by atoms with Crippen LogP contribution in [0.5, 0.6) is 5.75 Å². The zero-order chi connectivity index (χ0) is 20.4. The molecule has 0 atom stereocenters. The quantitative estimate of drug-likeness (QED) is 0.564. The van der Waals surface area contributed by atoms with Gasteiger partial charge in [0, 0.05) is 19.2 Å². The average molecular weight is 442 g/mol. The van der Waals surface area contributed by atoms with Crippen LogP contribution in [0.1, 0.15) is 15.9 Å². The summed E-state index contributed by atoms with van der Waals surface area (Å²) >= 11 is 1.34. The molecule has 0 aliphatic carbocycles. The van der Waals surface area contributed by atoms with Crippen molar-refractivity contribution in [3.05, 3.63) is 53.1 Å². The first-order valence-electron chi connectivity index (χ1n) is 8.67. The number of fused-ring (bicyclic) bond motifs is 1. The molecule has 3 aromatic rings. The molecule has 0 aliphatic heterocycles. The zero-order valence-corrected chi connectivity index (χ0v) is 18.2. The second-order valence-electron chi connectivity index (χ2n) is 6.64. The van der Waals surface area contributed by atoms with Crippen molar-refractivity contribution in [3.63, 3.8) is 0 Å². The maximum Gasteiger partial charge on any atom is 0.263 e. The van der Waals surface area contributed by atoms with E-state index in [9.17, 15) is 13.6 Å². The minimum atomic E-state index is -0.894. The topological polar surface area (TPSA) is 45.7 Å². The molecule has 1 amide bonds. The minimum absolute atomic E-state index is 0. The number of aromatic nitrogens is 1. The molecular formula is C20H22ClF2N3O2S.